The zero-order chi connectivity index (χ0) is 10.2. The van der Waals surface area contributed by atoms with Gasteiger partial charge in [-0.1, -0.05) is 6.92 Å². The van der Waals surface area contributed by atoms with Gasteiger partial charge in [0.15, 0.2) is 0 Å². The molecule has 0 saturated heterocycles. The number of rotatable bonds is 8. The lowest BCUT2D eigenvalue weighted by molar-refractivity contribution is 0.155. The number of hydrogen-bond acceptors (Lipinski definition) is 3. The van der Waals surface area contributed by atoms with Crippen molar-refractivity contribution < 1.29 is 13.2 Å². The molecule has 0 unspecified atom stereocenters. The SMILES string of the molecule is CCCS(=O)(=O)NCCOCCCl. The van der Waals surface area contributed by atoms with Crippen LogP contribution in [0.15, 0.2) is 0 Å². The maximum absolute atomic E-state index is 11.1. The van der Waals surface area contributed by atoms with E-state index in [1.165, 1.54) is 0 Å². The van der Waals surface area contributed by atoms with Gasteiger partial charge in [0.1, 0.15) is 0 Å². The molecule has 0 atom stereocenters. The van der Waals surface area contributed by atoms with Crippen molar-refractivity contribution in [3.05, 3.63) is 0 Å². The predicted molar refractivity (Wildman–Crippen MR) is 53.6 cm³/mol. The van der Waals surface area contributed by atoms with E-state index in [-0.39, 0.29) is 5.75 Å². The summed E-state index contributed by atoms with van der Waals surface area (Å²) in [6, 6.07) is 0. The molecule has 0 aromatic carbocycles. The second-order valence-electron chi connectivity index (χ2n) is 2.51. The molecule has 80 valence electrons. The van der Waals surface area contributed by atoms with Crippen LogP contribution in [-0.4, -0.2) is 39.8 Å². The summed E-state index contributed by atoms with van der Waals surface area (Å²) in [5.41, 5.74) is 0. The molecule has 0 bridgehead atoms. The molecule has 0 saturated carbocycles. The molecule has 4 nitrogen and oxygen atoms in total. The van der Waals surface area contributed by atoms with Gasteiger partial charge < -0.3 is 4.74 Å². The Morgan fingerprint density at radius 3 is 2.62 bits per heavy atom. The van der Waals surface area contributed by atoms with Crippen molar-refractivity contribution in [3.63, 3.8) is 0 Å². The van der Waals surface area contributed by atoms with E-state index in [0.717, 1.165) is 0 Å². The highest BCUT2D eigenvalue weighted by Gasteiger charge is 2.06. The number of ether oxygens (including phenoxy) is 1. The van der Waals surface area contributed by atoms with Crippen LogP contribution in [0.5, 0.6) is 0 Å². The lowest BCUT2D eigenvalue weighted by Gasteiger charge is -2.05. The molecule has 0 heterocycles. The van der Waals surface area contributed by atoms with Crippen LogP contribution in [-0.2, 0) is 14.8 Å². The van der Waals surface area contributed by atoms with Crippen LogP contribution < -0.4 is 4.72 Å². The minimum Gasteiger partial charge on any atom is -0.379 e. The maximum Gasteiger partial charge on any atom is 0.211 e. The van der Waals surface area contributed by atoms with E-state index in [1.807, 2.05) is 6.92 Å². The summed E-state index contributed by atoms with van der Waals surface area (Å²) in [6.45, 7) is 2.97. The van der Waals surface area contributed by atoms with E-state index in [9.17, 15) is 8.42 Å². The standard InChI is InChI=1S/C7H16ClNO3S/c1-2-7-13(10,11)9-4-6-12-5-3-8/h9H,2-7H2,1H3. The fourth-order valence-electron chi connectivity index (χ4n) is 0.767. The van der Waals surface area contributed by atoms with E-state index < -0.39 is 10.0 Å². The third kappa shape index (κ3) is 8.49. The van der Waals surface area contributed by atoms with Crippen LogP contribution in [0.4, 0.5) is 0 Å². The van der Waals surface area contributed by atoms with Crippen molar-refractivity contribution in [2.75, 3.05) is 31.4 Å². The van der Waals surface area contributed by atoms with Crippen LogP contribution >= 0.6 is 11.6 Å². The molecule has 0 aliphatic rings. The highest BCUT2D eigenvalue weighted by Crippen LogP contribution is 1.87. The van der Waals surface area contributed by atoms with Crippen LogP contribution in [0.2, 0.25) is 0 Å². The van der Waals surface area contributed by atoms with E-state index in [4.69, 9.17) is 16.3 Å². The largest absolute Gasteiger partial charge is 0.379 e. The monoisotopic (exact) mass is 229 g/mol. The molecule has 6 heteroatoms. The van der Waals surface area contributed by atoms with Crippen LogP contribution in [0, 0.1) is 0 Å². The minimum absolute atomic E-state index is 0.169. The second kappa shape index (κ2) is 7.55. The Balaban J connectivity index is 3.41. The number of hydrogen-bond donors (Lipinski definition) is 1. The van der Waals surface area contributed by atoms with E-state index in [2.05, 4.69) is 4.72 Å². The molecule has 0 rings (SSSR count). The average Bonchev–Trinajstić information content (AvgIpc) is 2.04. The van der Waals surface area contributed by atoms with Gasteiger partial charge in [0.25, 0.3) is 0 Å². The minimum atomic E-state index is -3.08. The van der Waals surface area contributed by atoms with E-state index >= 15 is 0 Å². The molecule has 0 aromatic heterocycles. The van der Waals surface area contributed by atoms with E-state index in [0.29, 0.717) is 32.1 Å². The summed E-state index contributed by atoms with van der Waals surface area (Å²) in [5.74, 6) is 0.601. The first-order valence-corrected chi connectivity index (χ1v) is 6.42. The third-order valence-corrected chi connectivity index (χ3v) is 3.01. The molecule has 13 heavy (non-hydrogen) atoms. The highest BCUT2D eigenvalue weighted by molar-refractivity contribution is 7.89. The molecule has 0 radical (unpaired) electrons. The molecule has 1 N–H and O–H groups in total. The number of alkyl halides is 1. The average molecular weight is 230 g/mol. The van der Waals surface area contributed by atoms with Crippen molar-refractivity contribution in [1.82, 2.24) is 4.72 Å². The second-order valence-corrected chi connectivity index (χ2v) is 4.82. The Hall–Kier alpha value is 0.160. The van der Waals surface area contributed by atoms with Crippen molar-refractivity contribution in [1.29, 1.82) is 0 Å². The first-order valence-electron chi connectivity index (χ1n) is 4.23. The molecule has 0 aliphatic carbocycles. The van der Waals surface area contributed by atoms with Gasteiger partial charge in [-0.3, -0.25) is 0 Å². The van der Waals surface area contributed by atoms with Gasteiger partial charge in [-0.05, 0) is 6.42 Å². The topological polar surface area (TPSA) is 55.4 Å². The Morgan fingerprint density at radius 1 is 1.38 bits per heavy atom. The Morgan fingerprint density at radius 2 is 2.08 bits per heavy atom. The molecule has 0 aromatic rings. The summed E-state index contributed by atoms with van der Waals surface area (Å²) in [6.07, 6.45) is 0.623. The Labute approximate surface area is 84.7 Å². The molecule has 0 fully saturated rings. The lowest BCUT2D eigenvalue weighted by atomic mass is 10.6. The quantitative estimate of drug-likeness (QED) is 0.489. The number of nitrogens with one attached hydrogen (secondary N) is 1. The Bertz CT molecular complexity index is 206. The summed E-state index contributed by atoms with van der Waals surface area (Å²) >= 11 is 5.36. The summed E-state index contributed by atoms with van der Waals surface area (Å²) < 4.78 is 29.6. The van der Waals surface area contributed by atoms with Gasteiger partial charge in [-0.2, -0.15) is 0 Å². The summed E-state index contributed by atoms with van der Waals surface area (Å²) in [5, 5.41) is 0. The molecule has 0 spiro atoms. The summed E-state index contributed by atoms with van der Waals surface area (Å²) in [7, 11) is -3.08. The third-order valence-electron chi connectivity index (χ3n) is 1.26. The molecule has 0 amide bonds. The fraction of sp³-hybridized carbons (Fsp3) is 1.00. The first-order chi connectivity index (χ1) is 6.12. The molecular weight excluding hydrogens is 214 g/mol. The highest BCUT2D eigenvalue weighted by atomic mass is 35.5. The van der Waals surface area contributed by atoms with Crippen molar-refractivity contribution in [3.8, 4) is 0 Å². The first kappa shape index (κ1) is 13.2. The van der Waals surface area contributed by atoms with Crippen LogP contribution in [0.3, 0.4) is 0 Å². The smallest absolute Gasteiger partial charge is 0.211 e. The molecule has 0 aliphatic heterocycles. The van der Waals surface area contributed by atoms with Gasteiger partial charge >= 0.3 is 0 Å². The van der Waals surface area contributed by atoms with Crippen molar-refractivity contribution >= 4 is 21.6 Å². The maximum atomic E-state index is 11.1. The molecular formula is C7H16ClNO3S. The number of halogens is 1. The zero-order valence-electron chi connectivity index (χ0n) is 7.75. The van der Waals surface area contributed by atoms with Crippen LogP contribution in [0.1, 0.15) is 13.3 Å². The zero-order valence-corrected chi connectivity index (χ0v) is 9.33. The van der Waals surface area contributed by atoms with Crippen LogP contribution in [0.25, 0.3) is 0 Å². The van der Waals surface area contributed by atoms with Crippen molar-refractivity contribution in [2.45, 2.75) is 13.3 Å². The number of sulfonamides is 1. The van der Waals surface area contributed by atoms with Gasteiger partial charge in [0.2, 0.25) is 10.0 Å². The van der Waals surface area contributed by atoms with E-state index in [1.54, 1.807) is 0 Å². The van der Waals surface area contributed by atoms with Gasteiger partial charge in [0.05, 0.1) is 19.0 Å². The van der Waals surface area contributed by atoms with Gasteiger partial charge in [-0.15, -0.1) is 11.6 Å². The van der Waals surface area contributed by atoms with Gasteiger partial charge in [-0.25, -0.2) is 13.1 Å². The van der Waals surface area contributed by atoms with Gasteiger partial charge in [0, 0.05) is 12.4 Å². The predicted octanol–water partition coefficient (Wildman–Crippen LogP) is 0.571. The normalized spacial score (nSPS) is 11.8. The lowest BCUT2D eigenvalue weighted by Crippen LogP contribution is -2.29. The fourth-order valence-corrected chi connectivity index (χ4v) is 1.95. The summed E-state index contributed by atoms with van der Waals surface area (Å²) in [4.78, 5) is 0. The Kier molecular flexibility index (Phi) is 7.65. The van der Waals surface area contributed by atoms with Crippen molar-refractivity contribution in [2.24, 2.45) is 0 Å².